The lowest BCUT2D eigenvalue weighted by Gasteiger charge is -2.33. The number of nitrogens with zero attached hydrogens (tertiary/aromatic N) is 5. The van der Waals surface area contributed by atoms with E-state index in [1.54, 1.807) is 16.6 Å². The molecule has 1 aliphatic rings. The lowest BCUT2D eigenvalue weighted by Crippen LogP contribution is -2.48. The van der Waals surface area contributed by atoms with Crippen LogP contribution in [0.3, 0.4) is 0 Å². The lowest BCUT2D eigenvalue weighted by atomic mass is 10.1. The molecule has 170 valence electrons. The van der Waals surface area contributed by atoms with Crippen molar-refractivity contribution in [1.29, 1.82) is 0 Å². The maximum absolute atomic E-state index is 13.2. The molecular formula is C24H25FN6OS. The van der Waals surface area contributed by atoms with Gasteiger partial charge in [-0.25, -0.2) is 13.9 Å². The Hall–Kier alpha value is -3.30. The Balaban J connectivity index is 1.17. The van der Waals surface area contributed by atoms with Crippen LogP contribution in [0.5, 0.6) is 0 Å². The Bertz CT molecular complexity index is 1260. The minimum atomic E-state index is -0.262. The number of piperazine rings is 1. The molecule has 4 aromatic rings. The fraction of sp³-hybridized carbons (Fsp3) is 0.292. The predicted octanol–water partition coefficient (Wildman–Crippen LogP) is 3.97. The number of benzene rings is 2. The normalized spacial score (nSPS) is 14.7. The summed E-state index contributed by atoms with van der Waals surface area (Å²) in [6.07, 6.45) is 1.87. The molecule has 1 fully saturated rings. The first-order valence-corrected chi connectivity index (χ1v) is 11.7. The number of imidazole rings is 1. The zero-order chi connectivity index (χ0) is 22.9. The summed E-state index contributed by atoms with van der Waals surface area (Å²) in [6, 6.07) is 12.3. The summed E-state index contributed by atoms with van der Waals surface area (Å²) in [7, 11) is 0. The molecule has 0 aliphatic carbocycles. The molecule has 2 aromatic carbocycles. The Labute approximate surface area is 195 Å². The van der Waals surface area contributed by atoms with Gasteiger partial charge in [0.1, 0.15) is 5.82 Å². The highest BCUT2D eigenvalue weighted by molar-refractivity contribution is 7.20. The van der Waals surface area contributed by atoms with Crippen LogP contribution in [-0.4, -0.2) is 58.1 Å². The highest BCUT2D eigenvalue weighted by Crippen LogP contribution is 2.27. The van der Waals surface area contributed by atoms with E-state index in [0.29, 0.717) is 6.54 Å². The van der Waals surface area contributed by atoms with Crippen LogP contribution in [-0.2, 0) is 4.79 Å². The third kappa shape index (κ3) is 4.74. The monoisotopic (exact) mass is 464 g/mol. The summed E-state index contributed by atoms with van der Waals surface area (Å²) >= 11 is 1.54. The van der Waals surface area contributed by atoms with Crippen LogP contribution in [0.1, 0.15) is 11.1 Å². The third-order valence-electron chi connectivity index (χ3n) is 5.84. The molecule has 1 amide bonds. The van der Waals surface area contributed by atoms with Crippen molar-refractivity contribution in [2.75, 3.05) is 42.9 Å². The van der Waals surface area contributed by atoms with Gasteiger partial charge in [-0.15, -0.1) is 5.10 Å². The number of hydrogen-bond donors (Lipinski definition) is 1. The second-order valence-electron chi connectivity index (χ2n) is 8.37. The van der Waals surface area contributed by atoms with E-state index in [-0.39, 0.29) is 11.7 Å². The maximum atomic E-state index is 13.2. The molecule has 33 heavy (non-hydrogen) atoms. The Morgan fingerprint density at radius 1 is 1.09 bits per heavy atom. The van der Waals surface area contributed by atoms with E-state index >= 15 is 0 Å². The largest absolute Gasteiger partial charge is 0.344 e. The van der Waals surface area contributed by atoms with Crippen LogP contribution in [0.4, 0.5) is 15.2 Å². The van der Waals surface area contributed by atoms with Crippen molar-refractivity contribution in [3.05, 3.63) is 65.6 Å². The summed E-state index contributed by atoms with van der Waals surface area (Å²) in [5.41, 5.74) is 4.77. The number of halogens is 1. The third-order valence-corrected chi connectivity index (χ3v) is 6.82. The second kappa shape index (κ2) is 8.92. The zero-order valence-corrected chi connectivity index (χ0v) is 19.4. The number of carbonyl (C=O) groups is 1. The van der Waals surface area contributed by atoms with Crippen LogP contribution in [0.2, 0.25) is 0 Å². The van der Waals surface area contributed by atoms with Gasteiger partial charge in [-0.1, -0.05) is 29.0 Å². The van der Waals surface area contributed by atoms with Gasteiger partial charge in [0.15, 0.2) is 0 Å². The first-order valence-electron chi connectivity index (χ1n) is 10.9. The average Bonchev–Trinajstić information content (AvgIpc) is 3.36. The molecule has 1 N–H and O–H groups in total. The highest BCUT2D eigenvalue weighted by Gasteiger charge is 2.22. The van der Waals surface area contributed by atoms with Gasteiger partial charge in [-0.2, -0.15) is 0 Å². The van der Waals surface area contributed by atoms with Crippen molar-refractivity contribution in [3.63, 3.8) is 0 Å². The van der Waals surface area contributed by atoms with Gasteiger partial charge in [0.2, 0.25) is 16.0 Å². The molecule has 9 heteroatoms. The molecule has 0 radical (unpaired) electrons. The number of carbonyl (C=O) groups excluding carboxylic acids is 1. The summed E-state index contributed by atoms with van der Waals surface area (Å²) in [5, 5.41) is 8.63. The molecule has 5 rings (SSSR count). The van der Waals surface area contributed by atoms with E-state index in [0.717, 1.165) is 58.8 Å². The molecule has 0 bridgehead atoms. The van der Waals surface area contributed by atoms with Crippen LogP contribution in [0.25, 0.3) is 16.2 Å². The van der Waals surface area contributed by atoms with Crippen LogP contribution in [0, 0.1) is 19.7 Å². The number of aryl methyl sites for hydroxylation is 2. The standard InChI is InChI=1S/C24H25FN6OS/c1-16-3-8-20(17(2)13-16)26-22(32)15-29-9-11-30(12-10-29)24-28-31-14-21(27-23(31)33-24)18-4-6-19(25)7-5-18/h3-8,13-14H,9-12,15H2,1-2H3,(H,26,32). The molecule has 0 unspecified atom stereocenters. The van der Waals surface area contributed by atoms with Gasteiger partial charge in [0.25, 0.3) is 0 Å². The Morgan fingerprint density at radius 2 is 1.85 bits per heavy atom. The van der Waals surface area contributed by atoms with Crippen molar-refractivity contribution < 1.29 is 9.18 Å². The van der Waals surface area contributed by atoms with Crippen LogP contribution < -0.4 is 10.2 Å². The van der Waals surface area contributed by atoms with E-state index in [1.807, 2.05) is 32.2 Å². The molecule has 2 aromatic heterocycles. The SMILES string of the molecule is Cc1ccc(NC(=O)CN2CCN(c3nn4cc(-c5ccc(F)cc5)nc4s3)CC2)c(C)c1. The van der Waals surface area contributed by atoms with Crippen LogP contribution in [0.15, 0.2) is 48.7 Å². The van der Waals surface area contributed by atoms with Crippen LogP contribution >= 0.6 is 11.3 Å². The summed E-state index contributed by atoms with van der Waals surface area (Å²) in [5.74, 6) is -0.251. The number of anilines is 2. The fourth-order valence-corrected chi connectivity index (χ4v) is 4.96. The molecule has 7 nitrogen and oxygen atoms in total. The van der Waals surface area contributed by atoms with E-state index in [4.69, 9.17) is 0 Å². The first-order chi connectivity index (χ1) is 15.9. The quantitative estimate of drug-likeness (QED) is 0.484. The van der Waals surface area contributed by atoms with Gasteiger partial charge < -0.3 is 10.2 Å². The van der Waals surface area contributed by atoms with Gasteiger partial charge in [-0.3, -0.25) is 9.69 Å². The van der Waals surface area contributed by atoms with E-state index in [9.17, 15) is 9.18 Å². The van der Waals surface area contributed by atoms with Gasteiger partial charge in [0, 0.05) is 37.4 Å². The topological polar surface area (TPSA) is 65.8 Å². The molecule has 1 saturated heterocycles. The number of nitrogens with one attached hydrogen (secondary N) is 1. The first kappa shape index (κ1) is 21.5. The maximum Gasteiger partial charge on any atom is 0.238 e. The molecular weight excluding hydrogens is 439 g/mol. The van der Waals surface area contributed by atoms with Crippen molar-refractivity contribution in [2.24, 2.45) is 0 Å². The van der Waals surface area contributed by atoms with Crippen molar-refractivity contribution in [1.82, 2.24) is 19.5 Å². The number of aromatic nitrogens is 3. The lowest BCUT2D eigenvalue weighted by molar-refractivity contribution is -0.117. The number of hydrogen-bond acceptors (Lipinski definition) is 6. The van der Waals surface area contributed by atoms with E-state index in [1.165, 1.54) is 29.0 Å². The predicted molar refractivity (Wildman–Crippen MR) is 129 cm³/mol. The molecule has 0 spiro atoms. The highest BCUT2D eigenvalue weighted by atomic mass is 32.1. The average molecular weight is 465 g/mol. The minimum Gasteiger partial charge on any atom is -0.344 e. The minimum absolute atomic E-state index is 0.0106. The molecule has 0 saturated carbocycles. The summed E-state index contributed by atoms with van der Waals surface area (Å²) in [4.78, 5) is 22.4. The van der Waals surface area contributed by atoms with Gasteiger partial charge >= 0.3 is 0 Å². The zero-order valence-electron chi connectivity index (χ0n) is 18.6. The van der Waals surface area contributed by atoms with Gasteiger partial charge in [-0.05, 0) is 49.7 Å². The summed E-state index contributed by atoms with van der Waals surface area (Å²) in [6.45, 7) is 7.63. The summed E-state index contributed by atoms with van der Waals surface area (Å²) < 4.78 is 14.9. The van der Waals surface area contributed by atoms with Crippen molar-refractivity contribution >= 4 is 33.0 Å². The number of fused-ring (bicyclic) bond motifs is 1. The van der Waals surface area contributed by atoms with Crippen molar-refractivity contribution in [3.8, 4) is 11.3 Å². The molecule has 0 atom stereocenters. The fourth-order valence-electron chi connectivity index (χ4n) is 4.02. The van der Waals surface area contributed by atoms with E-state index in [2.05, 4.69) is 31.3 Å². The number of rotatable bonds is 5. The van der Waals surface area contributed by atoms with Gasteiger partial charge in [0.05, 0.1) is 18.4 Å². The number of amides is 1. The van der Waals surface area contributed by atoms with E-state index < -0.39 is 0 Å². The molecule has 1 aliphatic heterocycles. The Kier molecular flexibility index (Phi) is 5.82. The smallest absolute Gasteiger partial charge is 0.238 e. The molecule has 3 heterocycles. The van der Waals surface area contributed by atoms with Crippen molar-refractivity contribution in [2.45, 2.75) is 13.8 Å². The Morgan fingerprint density at radius 3 is 2.55 bits per heavy atom. The second-order valence-corrected chi connectivity index (χ2v) is 9.31.